The summed E-state index contributed by atoms with van der Waals surface area (Å²) in [7, 11) is -3.77. The Morgan fingerprint density at radius 2 is 1.97 bits per heavy atom. The van der Waals surface area contributed by atoms with E-state index in [1.165, 1.54) is 16.4 Å². The highest BCUT2D eigenvalue weighted by atomic mass is 35.5. The molecular formula is C21H27ClN4O4S. The summed E-state index contributed by atoms with van der Waals surface area (Å²) >= 11 is 6.27. The molecule has 10 heteroatoms. The van der Waals surface area contributed by atoms with Crippen molar-refractivity contribution in [3.63, 3.8) is 0 Å². The molecule has 2 aliphatic heterocycles. The second-order valence-electron chi connectivity index (χ2n) is 8.53. The van der Waals surface area contributed by atoms with Crippen LogP contribution in [-0.2, 0) is 10.0 Å². The predicted octanol–water partition coefficient (Wildman–Crippen LogP) is 3.47. The molecule has 31 heavy (non-hydrogen) atoms. The van der Waals surface area contributed by atoms with Gasteiger partial charge in [0, 0.05) is 31.7 Å². The molecule has 1 amide bonds. The van der Waals surface area contributed by atoms with Gasteiger partial charge in [0.25, 0.3) is 5.91 Å². The first-order valence-corrected chi connectivity index (χ1v) is 12.5. The number of aryl methyl sites for hydroxylation is 1. The molecule has 2 fully saturated rings. The van der Waals surface area contributed by atoms with Gasteiger partial charge in [0.05, 0.1) is 10.9 Å². The number of sulfonamides is 1. The quantitative estimate of drug-likeness (QED) is 0.684. The number of benzene rings is 1. The summed E-state index contributed by atoms with van der Waals surface area (Å²) in [5.41, 5.74) is 0.315. The minimum atomic E-state index is -3.77. The van der Waals surface area contributed by atoms with E-state index in [-0.39, 0.29) is 21.7 Å². The average Bonchev–Trinajstić information content (AvgIpc) is 3.20. The maximum absolute atomic E-state index is 13.2. The highest BCUT2D eigenvalue weighted by Crippen LogP contribution is 2.31. The smallest absolute Gasteiger partial charge is 0.253 e. The fraction of sp³-hybridized carbons (Fsp3) is 0.571. The van der Waals surface area contributed by atoms with Gasteiger partial charge in [0.1, 0.15) is 4.90 Å². The predicted molar refractivity (Wildman–Crippen MR) is 116 cm³/mol. The van der Waals surface area contributed by atoms with Crippen molar-refractivity contribution in [2.75, 3.05) is 26.2 Å². The Morgan fingerprint density at radius 1 is 1.19 bits per heavy atom. The average molecular weight is 467 g/mol. The van der Waals surface area contributed by atoms with Crippen molar-refractivity contribution in [1.82, 2.24) is 19.3 Å². The minimum Gasteiger partial charge on any atom is -0.339 e. The third-order valence-corrected chi connectivity index (χ3v) is 8.36. The molecule has 2 aromatic rings. The second kappa shape index (κ2) is 8.88. The summed E-state index contributed by atoms with van der Waals surface area (Å²) in [4.78, 5) is 19.2. The van der Waals surface area contributed by atoms with E-state index in [0.29, 0.717) is 49.4 Å². The van der Waals surface area contributed by atoms with E-state index in [1.54, 1.807) is 17.9 Å². The van der Waals surface area contributed by atoms with E-state index in [0.717, 1.165) is 25.7 Å². The molecule has 0 saturated carbocycles. The van der Waals surface area contributed by atoms with Crippen LogP contribution in [0.4, 0.5) is 0 Å². The monoisotopic (exact) mass is 466 g/mol. The molecule has 0 spiro atoms. The lowest BCUT2D eigenvalue weighted by molar-refractivity contribution is 0.0695. The molecule has 0 unspecified atom stereocenters. The van der Waals surface area contributed by atoms with Crippen molar-refractivity contribution in [3.05, 3.63) is 40.5 Å². The maximum atomic E-state index is 13.2. The summed E-state index contributed by atoms with van der Waals surface area (Å²) in [5.74, 6) is 1.16. The van der Waals surface area contributed by atoms with Gasteiger partial charge in [-0.25, -0.2) is 8.42 Å². The van der Waals surface area contributed by atoms with Crippen LogP contribution in [0.1, 0.15) is 60.6 Å². The van der Waals surface area contributed by atoms with Gasteiger partial charge in [-0.2, -0.15) is 9.29 Å². The summed E-state index contributed by atoms with van der Waals surface area (Å²) in [6, 6.07) is 4.50. The van der Waals surface area contributed by atoms with Gasteiger partial charge in [-0.1, -0.05) is 23.7 Å². The van der Waals surface area contributed by atoms with Crippen molar-refractivity contribution in [2.24, 2.45) is 5.92 Å². The van der Waals surface area contributed by atoms with Crippen molar-refractivity contribution in [2.45, 2.75) is 50.3 Å². The van der Waals surface area contributed by atoms with Crippen LogP contribution in [0.15, 0.2) is 27.6 Å². The molecule has 168 valence electrons. The molecule has 2 saturated heterocycles. The normalized spacial score (nSPS) is 23.1. The van der Waals surface area contributed by atoms with Crippen LogP contribution in [0.25, 0.3) is 0 Å². The first kappa shape index (κ1) is 22.2. The topological polar surface area (TPSA) is 96.6 Å². The van der Waals surface area contributed by atoms with Crippen LogP contribution < -0.4 is 0 Å². The minimum absolute atomic E-state index is 0.00444. The lowest BCUT2D eigenvalue weighted by Crippen LogP contribution is -2.40. The van der Waals surface area contributed by atoms with Crippen molar-refractivity contribution in [3.8, 4) is 0 Å². The zero-order valence-electron chi connectivity index (χ0n) is 17.8. The number of hydrogen-bond acceptors (Lipinski definition) is 6. The highest BCUT2D eigenvalue weighted by molar-refractivity contribution is 7.89. The Bertz CT molecular complexity index is 1070. The third kappa shape index (κ3) is 4.63. The lowest BCUT2D eigenvalue weighted by atomic mass is 9.97. The molecule has 0 N–H and O–H groups in total. The molecule has 3 heterocycles. The number of halogens is 1. The van der Waals surface area contributed by atoms with Crippen LogP contribution in [0.5, 0.6) is 0 Å². The largest absolute Gasteiger partial charge is 0.339 e. The van der Waals surface area contributed by atoms with Crippen LogP contribution in [-0.4, -0.2) is 59.8 Å². The first-order chi connectivity index (χ1) is 14.8. The number of piperidine rings is 2. The second-order valence-corrected chi connectivity index (χ2v) is 10.8. The molecule has 1 aromatic heterocycles. The Labute approximate surface area is 187 Å². The van der Waals surface area contributed by atoms with E-state index in [2.05, 4.69) is 10.1 Å². The van der Waals surface area contributed by atoms with Gasteiger partial charge in [-0.15, -0.1) is 0 Å². The van der Waals surface area contributed by atoms with Crippen LogP contribution in [0, 0.1) is 12.8 Å². The van der Waals surface area contributed by atoms with E-state index in [1.807, 2.05) is 6.92 Å². The number of likely N-dealkylation sites (tertiary alicyclic amines) is 1. The molecular weight excluding hydrogens is 440 g/mol. The summed E-state index contributed by atoms with van der Waals surface area (Å²) in [6.07, 6.45) is 3.50. The lowest BCUT2D eigenvalue weighted by Gasteiger charge is -2.32. The molecule has 0 radical (unpaired) electrons. The molecule has 8 nitrogen and oxygen atoms in total. The SMILES string of the molecule is Cc1noc([C@H]2CCCN(C(=O)c3ccc(Cl)c(S(=O)(=O)N4CCC[C@H](C)C4)c3)C2)n1. The molecule has 4 rings (SSSR count). The van der Waals surface area contributed by atoms with Gasteiger partial charge in [-0.3, -0.25) is 4.79 Å². The Kier molecular flexibility index (Phi) is 6.37. The molecule has 0 aliphatic carbocycles. The zero-order chi connectivity index (χ0) is 22.2. The number of carbonyl (C=O) groups is 1. The maximum Gasteiger partial charge on any atom is 0.253 e. The van der Waals surface area contributed by atoms with Gasteiger partial charge in [0.2, 0.25) is 15.9 Å². The van der Waals surface area contributed by atoms with E-state index in [4.69, 9.17) is 16.1 Å². The van der Waals surface area contributed by atoms with E-state index in [9.17, 15) is 13.2 Å². The zero-order valence-corrected chi connectivity index (χ0v) is 19.3. The Morgan fingerprint density at radius 3 is 2.68 bits per heavy atom. The van der Waals surface area contributed by atoms with Crippen molar-refractivity contribution >= 4 is 27.5 Å². The fourth-order valence-corrected chi connectivity index (χ4v) is 6.46. The van der Waals surface area contributed by atoms with E-state index < -0.39 is 10.0 Å². The summed E-state index contributed by atoms with van der Waals surface area (Å²) in [5, 5.41) is 3.97. The number of nitrogens with zero attached hydrogens (tertiary/aromatic N) is 4. The Hall–Kier alpha value is -1.97. The van der Waals surface area contributed by atoms with Gasteiger partial charge in [-0.05, 0) is 56.7 Å². The molecule has 0 bridgehead atoms. The number of rotatable bonds is 4. The highest BCUT2D eigenvalue weighted by Gasteiger charge is 2.33. The van der Waals surface area contributed by atoms with Gasteiger partial charge < -0.3 is 9.42 Å². The number of carbonyl (C=O) groups excluding carboxylic acids is 1. The first-order valence-electron chi connectivity index (χ1n) is 10.6. The summed E-state index contributed by atoms with van der Waals surface area (Å²) < 4.78 is 33.2. The summed E-state index contributed by atoms with van der Waals surface area (Å²) in [6.45, 7) is 5.79. The molecule has 1 aromatic carbocycles. The standard InChI is InChI=1S/C21H27ClN4O4S/c1-14-5-3-10-26(12-14)31(28,29)19-11-16(7-8-18(19)22)21(27)25-9-4-6-17(13-25)20-23-15(2)24-30-20/h7-8,11,14,17H,3-6,9-10,12-13H2,1-2H3/t14-,17-/m0/s1. The van der Waals surface area contributed by atoms with Gasteiger partial charge in [0.15, 0.2) is 5.82 Å². The number of hydrogen-bond donors (Lipinski definition) is 0. The van der Waals surface area contributed by atoms with Crippen molar-refractivity contribution in [1.29, 1.82) is 0 Å². The van der Waals surface area contributed by atoms with Crippen molar-refractivity contribution < 1.29 is 17.7 Å². The third-order valence-electron chi connectivity index (χ3n) is 6.02. The number of amides is 1. The number of aromatic nitrogens is 2. The van der Waals surface area contributed by atoms with Crippen LogP contribution >= 0.6 is 11.6 Å². The van der Waals surface area contributed by atoms with Crippen LogP contribution in [0.3, 0.4) is 0 Å². The Balaban J connectivity index is 1.56. The van der Waals surface area contributed by atoms with Crippen LogP contribution in [0.2, 0.25) is 5.02 Å². The fourth-order valence-electron chi connectivity index (χ4n) is 4.36. The van der Waals surface area contributed by atoms with E-state index >= 15 is 0 Å². The van der Waals surface area contributed by atoms with Gasteiger partial charge >= 0.3 is 0 Å². The molecule has 2 atom stereocenters. The molecule has 2 aliphatic rings.